The number of thiol groups is 1. The number of ether oxygens (including phenoxy) is 5. The second kappa shape index (κ2) is 69.7. The molecule has 31 heteroatoms. The van der Waals surface area contributed by atoms with Gasteiger partial charge in [-0.15, -0.1) is 70.2 Å². The molecule has 1 saturated heterocycles. The molecule has 17 rings (SSSR count). The number of hydrogen-bond acceptors (Lipinski definition) is 21. The van der Waals surface area contributed by atoms with Crippen molar-refractivity contribution >= 4 is 217 Å². The molecule has 10 heterocycles. The Labute approximate surface area is 835 Å². The molecule has 124 heavy (non-hydrogen) atoms. The van der Waals surface area contributed by atoms with Gasteiger partial charge in [0.05, 0.1) is 41.6 Å². The molecule has 13 nitrogen and oxygen atoms in total. The number of thiophene rings is 7. The number of nitrogens with zero attached hydrogens (tertiary/aromatic N) is 1. The molecule has 14 aromatic rings. The number of nitrogens with two attached hydrogens (primary N) is 3. The molecule has 1 fully saturated rings. The molecule has 657 valence electrons. The van der Waals surface area contributed by atoms with E-state index in [0.717, 1.165) is 63.5 Å². The Hall–Kier alpha value is -4.18. The van der Waals surface area contributed by atoms with Crippen molar-refractivity contribution in [3.63, 3.8) is 0 Å². The molecule has 1 radical (unpaired) electrons. The van der Waals surface area contributed by atoms with Crippen LogP contribution in [0.25, 0.3) is 66.8 Å². The van der Waals surface area contributed by atoms with Crippen molar-refractivity contribution in [3.05, 3.63) is 332 Å². The molecule has 0 amide bonds. The predicted molar refractivity (Wildman–Crippen MR) is 558 cm³/mol. The van der Waals surface area contributed by atoms with Gasteiger partial charge in [0.1, 0.15) is 12.2 Å². The monoisotopic (exact) mass is 2170 g/mol. The Kier molecular flexibility index (Phi) is 65.1. The van der Waals surface area contributed by atoms with Crippen LogP contribution in [0.4, 0.5) is 0 Å². The summed E-state index contributed by atoms with van der Waals surface area (Å²) >= 11 is 32.6. The fourth-order valence-corrected chi connectivity index (χ4v) is 22.5. The van der Waals surface area contributed by atoms with Crippen LogP contribution in [-0.4, -0.2) is 115 Å². The van der Waals surface area contributed by atoms with Crippen molar-refractivity contribution in [1.82, 2.24) is 0 Å². The number of unbranched alkanes of at least 4 members (excludes halogenated alkanes) is 1. The number of hydrogen-bond donors (Lipinski definition) is 8. The average Bonchev–Trinajstić information content (AvgIpc) is 1.64. The summed E-state index contributed by atoms with van der Waals surface area (Å²) in [6.45, 7) is 11.2. The van der Waals surface area contributed by atoms with E-state index in [9.17, 15) is 0 Å². The van der Waals surface area contributed by atoms with E-state index < -0.39 is 7.12 Å². The zero-order valence-electron chi connectivity index (χ0n) is 68.8. The molecular weight excluding hydrogens is 2070 g/mol. The summed E-state index contributed by atoms with van der Waals surface area (Å²) in [5, 5.41) is 52.2. The molecule has 2 atom stereocenters. The van der Waals surface area contributed by atoms with E-state index in [2.05, 4.69) is 277 Å². The summed E-state index contributed by atoms with van der Waals surface area (Å²) in [7, 11) is 6.11. The molecule has 0 spiro atoms. The van der Waals surface area contributed by atoms with Gasteiger partial charge < -0.3 is 68.1 Å². The quantitative estimate of drug-likeness (QED) is 0.0140. The summed E-state index contributed by atoms with van der Waals surface area (Å²) in [6.07, 6.45) is 5.65. The molecule has 0 bridgehead atoms. The van der Waals surface area contributed by atoms with Crippen LogP contribution in [0.5, 0.6) is 0 Å². The average molecular weight is 2180 g/mol. The number of methoxy groups -OCH3 is 2. The van der Waals surface area contributed by atoms with E-state index in [0.29, 0.717) is 31.5 Å². The fraction of sp³-hybridized carbons (Fsp3) is 0.237. The third-order valence-electron chi connectivity index (χ3n) is 17.2. The number of benzene rings is 7. The van der Waals surface area contributed by atoms with E-state index in [1.165, 1.54) is 113 Å². The first-order chi connectivity index (χ1) is 58.6. The Morgan fingerprint density at radius 2 is 0.919 bits per heavy atom. The minimum absolute atomic E-state index is 0. The molecule has 0 saturated carbocycles. The molecule has 7 aromatic heterocycles. The molecule has 0 aliphatic carbocycles. The summed E-state index contributed by atoms with van der Waals surface area (Å²) in [6, 6.07) is 77.3. The normalized spacial score (nSPS) is 12.3. The second-order valence-electron chi connectivity index (χ2n) is 25.3. The number of aliphatic hydroxyl groups excluding tert-OH is 2. The van der Waals surface area contributed by atoms with Crippen molar-refractivity contribution in [3.8, 4) is 66.8 Å². The third-order valence-corrected chi connectivity index (χ3v) is 27.3. The third kappa shape index (κ3) is 41.9. The largest absolute Gasteiger partial charge is 1.00 e. The van der Waals surface area contributed by atoms with Crippen molar-refractivity contribution in [2.24, 2.45) is 21.5 Å². The molecule has 7 aromatic carbocycles. The van der Waals surface area contributed by atoms with Crippen molar-refractivity contribution < 1.29 is 62.8 Å². The Morgan fingerprint density at radius 1 is 0.516 bits per heavy atom. The van der Waals surface area contributed by atoms with Gasteiger partial charge in [0, 0.05) is 77.8 Å². The van der Waals surface area contributed by atoms with Gasteiger partial charge in [-0.25, -0.2) is 0 Å². The standard InChI is InChI=1S/2C14H15NOS.C12H10Br2OS.C12H12OS.C10H6Br2S.C10H8S.C6H7BO2.C4H3BrS.C4H11NO2.C4H9.C2H4O.CH4.BHNS.2ClH.Li/c2*15-8-13-14-11(6-7-16-13)12(9-17-14)10-4-2-1-3-5-10;13-11-9(6-7-15)10(12(14)16-11)8-4-2-1-3-5-8;13-7-6-11-8-14-9-12(11)10-4-2-1-3-5-10;11-9-6-8(10(12)13-9)7-4-2-1-3-5-7;1-2-4-9(5-3-1)10-6-7-11-8-10;8-7(9)6-4-2-1-3-5-6;5-4-1-2-6-3-4;1-6-4(3-5)7-2;1-3-4-2;1-2-3-1;;1-2-3;;;/h2*1-5,9,13H,6-8,15H2;1-5,15H,6-7H2;1-5,8-9,13H,6-7H2;1-6H;1-8H;1-5,8-9H;1-3H;4H,3,5H2,1-2H3;1,3-4H2,2H3;1-2H2;1H4;3H;2*1H;/q;;;;;;;;;-1;;;;;;+1. The number of epoxide rings is 1. The molecule has 3 aliphatic rings. The minimum atomic E-state index is -1.34. The first kappa shape index (κ1) is 116. The zero-order valence-corrected chi connectivity index (χ0v) is 85.0. The van der Waals surface area contributed by atoms with Crippen molar-refractivity contribution in [2.75, 3.05) is 73.5 Å². The number of fused-ring (bicyclic) bond motifs is 2. The minimum Gasteiger partial charge on any atom is -0.343 e. The maximum Gasteiger partial charge on any atom is 1.00 e. The smallest absolute Gasteiger partial charge is 0.343 e. The van der Waals surface area contributed by atoms with Gasteiger partial charge in [-0.3, -0.25) is 0 Å². The van der Waals surface area contributed by atoms with Crippen LogP contribution in [0.2, 0.25) is 0 Å². The van der Waals surface area contributed by atoms with Crippen LogP contribution in [0.1, 0.15) is 71.4 Å². The summed E-state index contributed by atoms with van der Waals surface area (Å²) in [5.74, 6) is 0. The van der Waals surface area contributed by atoms with E-state index in [1.807, 2.05) is 95.7 Å². The molecule has 3 aliphatic heterocycles. The van der Waals surface area contributed by atoms with Gasteiger partial charge >= 0.3 is 50.7 Å². The number of aliphatic hydroxyl groups is 2. The first-order valence-electron chi connectivity index (χ1n) is 38.2. The van der Waals surface area contributed by atoms with E-state index in [-0.39, 0.29) is 82.8 Å². The van der Waals surface area contributed by atoms with Crippen LogP contribution in [0.15, 0.2) is 297 Å². The second-order valence-corrected chi connectivity index (χ2v) is 38.0. The van der Waals surface area contributed by atoms with E-state index >= 15 is 0 Å². The van der Waals surface area contributed by atoms with Gasteiger partial charge in [0.2, 0.25) is 0 Å². The summed E-state index contributed by atoms with van der Waals surface area (Å²) < 4.78 is 33.7. The zero-order chi connectivity index (χ0) is 86.5. The maximum absolute atomic E-state index is 9.09. The van der Waals surface area contributed by atoms with Gasteiger partial charge in [-0.1, -0.05) is 233 Å². The SMILES string of the molecule is Brc1cc(-c2ccccc2)c(Br)s1.Brc1ccsc1.C.C1CO1.COC(CN)OC.Cl.Cl.NCC1OCCc2c(-c3ccccc3)csc21.NCC1OCCc2c(-c3ccccc3)csc21.OB(O)c1ccccc1.OCCc1c(Br)sc(Br)c1-c1ccccc1.OCCc1cscc1-c1ccccc1.[B]=NS.[CH2-]CCC.[Li+].c1ccc(-c2ccsc2)cc1. The maximum atomic E-state index is 9.09. The van der Waals surface area contributed by atoms with Gasteiger partial charge in [0.25, 0.3) is 0 Å². The molecule has 2 unspecified atom stereocenters. The van der Waals surface area contributed by atoms with E-state index in [1.54, 1.807) is 118 Å². The van der Waals surface area contributed by atoms with E-state index in [4.69, 9.17) is 56.4 Å². The van der Waals surface area contributed by atoms with Gasteiger partial charge in [-0.05, 0) is 245 Å². The number of rotatable bonds is 17. The number of halogens is 7. The Bertz CT molecular complexity index is 4850. The van der Waals surface area contributed by atoms with Crippen LogP contribution >= 0.6 is 197 Å². The fourth-order valence-electron chi connectivity index (χ4n) is 11.2. The topological polar surface area (TPSA) is 221 Å². The molecular formula is C93H107B2Br5Cl2LiN4O9S8. The van der Waals surface area contributed by atoms with Gasteiger partial charge in [-0.2, -0.15) is 40.4 Å². The van der Waals surface area contributed by atoms with Crippen molar-refractivity contribution in [2.45, 2.75) is 71.4 Å². The van der Waals surface area contributed by atoms with Crippen LogP contribution < -0.4 is 41.5 Å². The van der Waals surface area contributed by atoms with Gasteiger partial charge in [0.15, 0.2) is 6.29 Å². The predicted octanol–water partition coefficient (Wildman–Crippen LogP) is 23.5. The Morgan fingerprint density at radius 3 is 1.24 bits per heavy atom. The van der Waals surface area contributed by atoms with Crippen LogP contribution in [-0.2, 0) is 49.4 Å². The van der Waals surface area contributed by atoms with Crippen LogP contribution in [0, 0.1) is 6.92 Å². The molecule has 10 N–H and O–H groups in total. The Balaban J connectivity index is 0.000000470. The van der Waals surface area contributed by atoms with Crippen molar-refractivity contribution in [1.29, 1.82) is 0 Å². The van der Waals surface area contributed by atoms with Crippen LogP contribution in [0.3, 0.4) is 0 Å². The first-order valence-corrected chi connectivity index (χ1v) is 48.8. The summed E-state index contributed by atoms with van der Waals surface area (Å²) in [4.78, 5) is 2.63. The summed E-state index contributed by atoms with van der Waals surface area (Å²) in [5.41, 5.74) is 37.7.